The van der Waals surface area contributed by atoms with E-state index in [2.05, 4.69) is 33.9 Å². The normalized spacial score (nSPS) is 12.5. The van der Waals surface area contributed by atoms with Crippen molar-refractivity contribution in [1.82, 2.24) is 5.32 Å². The van der Waals surface area contributed by atoms with Gasteiger partial charge < -0.3 is 5.32 Å². The van der Waals surface area contributed by atoms with Crippen LogP contribution in [0.2, 0.25) is 0 Å². The molecule has 0 aliphatic heterocycles. The highest BCUT2D eigenvalue weighted by Gasteiger charge is 2.08. The molecule has 0 aliphatic carbocycles. The van der Waals surface area contributed by atoms with E-state index in [1.165, 1.54) is 0 Å². The zero-order chi connectivity index (χ0) is 9.84. The smallest absolute Gasteiger partial charge is 0.232 e. The highest BCUT2D eigenvalue weighted by Crippen LogP contribution is 2.22. The maximum Gasteiger partial charge on any atom is 0.232 e. The molecule has 1 aromatic heterocycles. The monoisotopic (exact) mass is 279 g/mol. The Bertz CT molecular complexity index is 298. The minimum atomic E-state index is -0.251. The zero-order valence-electron chi connectivity index (χ0n) is 7.08. The summed E-state index contributed by atoms with van der Waals surface area (Å²) in [7, 11) is 0. The lowest BCUT2D eigenvalue weighted by atomic mass is 10.4. The Morgan fingerprint density at radius 3 is 3.00 bits per heavy atom. The van der Waals surface area contributed by atoms with E-state index in [4.69, 9.17) is 0 Å². The van der Waals surface area contributed by atoms with E-state index in [1.54, 1.807) is 18.3 Å². The molecule has 0 aromatic carbocycles. The lowest BCUT2D eigenvalue weighted by molar-refractivity contribution is -0.120. The van der Waals surface area contributed by atoms with Crippen LogP contribution in [0.4, 0.5) is 0 Å². The zero-order valence-corrected chi connectivity index (χ0v) is 10.4. The fourth-order valence-electron chi connectivity index (χ4n) is 0.766. The van der Waals surface area contributed by atoms with E-state index in [-0.39, 0.29) is 11.2 Å². The first-order chi connectivity index (χ1) is 6.11. The van der Waals surface area contributed by atoms with Crippen LogP contribution in [0.5, 0.6) is 0 Å². The average Bonchev–Trinajstić information content (AvgIpc) is 2.47. The van der Waals surface area contributed by atoms with Crippen LogP contribution in [0.3, 0.4) is 0 Å². The maximum atomic E-state index is 11.2. The van der Waals surface area contributed by atoms with Crippen LogP contribution in [0, 0.1) is 0 Å². The summed E-state index contributed by atoms with van der Waals surface area (Å²) >= 11 is 9.04. The molecule has 1 heterocycles. The Kier molecular flexibility index (Phi) is 4.28. The third kappa shape index (κ3) is 3.32. The van der Waals surface area contributed by atoms with E-state index in [9.17, 15) is 4.79 Å². The second-order valence-corrected chi connectivity index (χ2v) is 5.22. The first-order valence-corrected chi connectivity index (χ1v) is 5.98. The van der Waals surface area contributed by atoms with Crippen molar-refractivity contribution < 1.29 is 4.79 Å². The van der Waals surface area contributed by atoms with Gasteiger partial charge in [0.1, 0.15) is 0 Å². The van der Waals surface area contributed by atoms with E-state index >= 15 is 0 Å². The van der Waals surface area contributed by atoms with Crippen LogP contribution >= 0.6 is 39.9 Å². The summed E-state index contributed by atoms with van der Waals surface area (Å²) in [6.45, 7) is 2.32. The van der Waals surface area contributed by atoms with E-state index in [0.717, 1.165) is 9.35 Å². The summed E-state index contributed by atoms with van der Waals surface area (Å²) in [4.78, 5) is 12.3. The molecule has 1 N–H and O–H groups in total. The number of hydrogen-bond donors (Lipinski definition) is 2. The fourth-order valence-corrected chi connectivity index (χ4v) is 2.29. The lowest BCUT2D eigenvalue weighted by Crippen LogP contribution is -2.28. The van der Waals surface area contributed by atoms with Gasteiger partial charge in [0.15, 0.2) is 0 Å². The van der Waals surface area contributed by atoms with Gasteiger partial charge in [0.2, 0.25) is 5.91 Å². The summed E-state index contributed by atoms with van der Waals surface area (Å²) in [5.41, 5.74) is 0. The van der Waals surface area contributed by atoms with Gasteiger partial charge in [-0.3, -0.25) is 4.79 Å². The Balaban J connectivity index is 2.44. The number of halogens is 1. The molecule has 1 aromatic rings. The van der Waals surface area contributed by atoms with Crippen LogP contribution in [0.15, 0.2) is 15.9 Å². The topological polar surface area (TPSA) is 29.1 Å². The Morgan fingerprint density at radius 1 is 1.85 bits per heavy atom. The summed E-state index contributed by atoms with van der Waals surface area (Å²) in [5.74, 6) is -0.0383. The van der Waals surface area contributed by atoms with Gasteiger partial charge in [0.05, 0.1) is 11.8 Å². The predicted molar refractivity (Wildman–Crippen MR) is 62.3 cm³/mol. The van der Waals surface area contributed by atoms with Crippen molar-refractivity contribution in [2.45, 2.75) is 18.7 Å². The highest BCUT2D eigenvalue weighted by atomic mass is 79.9. The molecule has 1 rings (SSSR count). The summed E-state index contributed by atoms with van der Waals surface area (Å²) < 4.78 is 1.05. The molecule has 0 saturated carbocycles. The van der Waals surface area contributed by atoms with Crippen molar-refractivity contribution in [3.8, 4) is 0 Å². The molecule has 2 nitrogen and oxygen atoms in total. The molecule has 1 atom stereocenters. The largest absolute Gasteiger partial charge is 0.350 e. The number of carbonyl (C=O) groups excluding carboxylic acids is 1. The number of hydrogen-bond acceptors (Lipinski definition) is 3. The van der Waals surface area contributed by atoms with Gasteiger partial charge in [-0.05, 0) is 34.3 Å². The second-order valence-electron chi connectivity index (χ2n) is 2.59. The van der Waals surface area contributed by atoms with Crippen LogP contribution < -0.4 is 5.32 Å². The molecule has 5 heteroatoms. The molecule has 1 amide bonds. The van der Waals surface area contributed by atoms with Gasteiger partial charge in [-0.2, -0.15) is 12.6 Å². The maximum absolute atomic E-state index is 11.2. The molecule has 0 aliphatic rings. The Hall–Kier alpha value is -0.000000000000000111. The van der Waals surface area contributed by atoms with E-state index < -0.39 is 0 Å². The first-order valence-electron chi connectivity index (χ1n) is 3.79. The average molecular weight is 280 g/mol. The van der Waals surface area contributed by atoms with Gasteiger partial charge in [-0.15, -0.1) is 11.3 Å². The molecular formula is C8H10BrNOS2. The third-order valence-corrected chi connectivity index (χ3v) is 3.65. The van der Waals surface area contributed by atoms with Crippen molar-refractivity contribution >= 4 is 45.8 Å². The van der Waals surface area contributed by atoms with Gasteiger partial charge in [-0.25, -0.2) is 0 Å². The van der Waals surface area contributed by atoms with Gasteiger partial charge >= 0.3 is 0 Å². The number of thiol groups is 1. The van der Waals surface area contributed by atoms with Crippen molar-refractivity contribution in [1.29, 1.82) is 0 Å². The summed E-state index contributed by atoms with van der Waals surface area (Å²) in [5, 5.41) is 4.52. The van der Waals surface area contributed by atoms with Crippen LogP contribution in [0.25, 0.3) is 0 Å². The molecule has 0 spiro atoms. The number of amides is 1. The molecule has 13 heavy (non-hydrogen) atoms. The van der Waals surface area contributed by atoms with Gasteiger partial charge in [0, 0.05) is 9.35 Å². The van der Waals surface area contributed by atoms with Gasteiger partial charge in [0.25, 0.3) is 0 Å². The molecule has 1 unspecified atom stereocenters. The Labute approximate surface area is 95.3 Å². The van der Waals surface area contributed by atoms with Gasteiger partial charge in [-0.1, -0.05) is 0 Å². The number of thiophene rings is 1. The summed E-state index contributed by atoms with van der Waals surface area (Å²) in [6, 6.07) is 1.97. The standard InChI is InChI=1S/C8H10BrNOS2/c1-5(12)8(11)10-4-7-6(9)2-3-13-7/h2-3,5,12H,4H2,1H3,(H,10,11). The SMILES string of the molecule is CC(S)C(=O)NCc1sccc1Br. The third-order valence-electron chi connectivity index (χ3n) is 1.49. The van der Waals surface area contributed by atoms with Crippen molar-refractivity contribution in [3.63, 3.8) is 0 Å². The van der Waals surface area contributed by atoms with E-state index in [0.29, 0.717) is 6.54 Å². The molecule has 0 bridgehead atoms. The quantitative estimate of drug-likeness (QED) is 0.818. The molecule has 0 fully saturated rings. The van der Waals surface area contributed by atoms with Crippen LogP contribution in [-0.4, -0.2) is 11.2 Å². The number of carbonyl (C=O) groups is 1. The highest BCUT2D eigenvalue weighted by molar-refractivity contribution is 9.10. The van der Waals surface area contributed by atoms with Crippen molar-refractivity contribution in [2.75, 3.05) is 0 Å². The van der Waals surface area contributed by atoms with Crippen molar-refractivity contribution in [2.24, 2.45) is 0 Å². The fraction of sp³-hybridized carbons (Fsp3) is 0.375. The molecular weight excluding hydrogens is 270 g/mol. The van der Waals surface area contributed by atoms with Crippen LogP contribution in [0.1, 0.15) is 11.8 Å². The van der Waals surface area contributed by atoms with Crippen molar-refractivity contribution in [3.05, 3.63) is 20.8 Å². The molecule has 0 radical (unpaired) electrons. The van der Waals surface area contributed by atoms with E-state index in [1.807, 2.05) is 11.4 Å². The predicted octanol–water partition coefficient (Wildman–Crippen LogP) is 2.45. The molecule has 72 valence electrons. The Morgan fingerprint density at radius 2 is 2.54 bits per heavy atom. The first kappa shape index (κ1) is 11.1. The minimum Gasteiger partial charge on any atom is -0.350 e. The minimum absolute atomic E-state index is 0.0383. The summed E-state index contributed by atoms with van der Waals surface area (Å²) in [6.07, 6.45) is 0. The molecule has 0 saturated heterocycles. The lowest BCUT2D eigenvalue weighted by Gasteiger charge is -2.05. The number of nitrogens with one attached hydrogen (secondary N) is 1. The van der Waals surface area contributed by atoms with Crippen LogP contribution in [-0.2, 0) is 11.3 Å². The number of rotatable bonds is 3. The second kappa shape index (κ2) is 5.02.